The Kier molecular flexibility index (Phi) is 8.00. The molecule has 0 aliphatic carbocycles. The Labute approximate surface area is 207 Å². The number of phosphoric acid groups is 1. The third-order valence-corrected chi connectivity index (χ3v) is 6.74. The molecule has 1 unspecified atom stereocenters. The zero-order valence-electron chi connectivity index (χ0n) is 19.7. The summed E-state index contributed by atoms with van der Waals surface area (Å²) in [5, 5.41) is 13.1. The van der Waals surface area contributed by atoms with Crippen molar-refractivity contribution in [1.82, 2.24) is 14.6 Å². The van der Waals surface area contributed by atoms with Crippen molar-refractivity contribution in [2.24, 2.45) is 0 Å². The summed E-state index contributed by atoms with van der Waals surface area (Å²) in [7, 11) is -4.30. The van der Waals surface area contributed by atoms with Crippen LogP contribution in [0.1, 0.15) is 49.1 Å². The van der Waals surface area contributed by atoms with E-state index in [1.165, 1.54) is 18.5 Å². The van der Waals surface area contributed by atoms with Gasteiger partial charge in [-0.25, -0.2) is 18.5 Å². The van der Waals surface area contributed by atoms with Crippen molar-refractivity contribution in [3.8, 4) is 6.07 Å². The van der Waals surface area contributed by atoms with Gasteiger partial charge in [0.1, 0.15) is 23.8 Å². The average molecular weight is 519 g/mol. The molecular formula is C23H27FN5O6P. The average Bonchev–Trinajstić information content (AvgIpc) is 3.45. The van der Waals surface area contributed by atoms with Crippen LogP contribution in [0.4, 0.5) is 10.2 Å². The van der Waals surface area contributed by atoms with Crippen LogP contribution in [0.3, 0.4) is 0 Å². The van der Waals surface area contributed by atoms with Gasteiger partial charge in [0.15, 0.2) is 5.82 Å². The number of benzene rings is 1. The Morgan fingerprint density at radius 1 is 1.36 bits per heavy atom. The van der Waals surface area contributed by atoms with Crippen LogP contribution in [0.15, 0.2) is 36.7 Å². The number of anilines is 1. The Bertz CT molecular complexity index is 1310. The molecule has 1 saturated heterocycles. The third kappa shape index (κ3) is 6.44. The molecule has 3 aromatic rings. The number of halogens is 1. The second-order valence-electron chi connectivity index (χ2n) is 8.74. The van der Waals surface area contributed by atoms with E-state index in [0.717, 1.165) is 11.8 Å². The molecule has 0 saturated carbocycles. The lowest BCUT2D eigenvalue weighted by Crippen LogP contribution is -2.30. The summed E-state index contributed by atoms with van der Waals surface area (Å²) in [4.78, 5) is 14.0. The Morgan fingerprint density at radius 3 is 3.00 bits per heavy atom. The van der Waals surface area contributed by atoms with Crippen LogP contribution < -0.4 is 5.73 Å². The molecule has 2 aromatic heterocycles. The molecule has 3 N–H and O–H groups in total. The first kappa shape index (κ1) is 26.2. The summed E-state index contributed by atoms with van der Waals surface area (Å²) < 4.78 is 49.2. The van der Waals surface area contributed by atoms with Crippen molar-refractivity contribution in [3.63, 3.8) is 0 Å². The lowest BCUT2D eigenvalue weighted by atomic mass is 10.0. The minimum atomic E-state index is -4.30. The quantitative estimate of drug-likeness (QED) is 0.283. The summed E-state index contributed by atoms with van der Waals surface area (Å²) >= 11 is 0. The van der Waals surface area contributed by atoms with Crippen LogP contribution in [0.2, 0.25) is 0 Å². The number of phosphoric ester groups is 1. The van der Waals surface area contributed by atoms with E-state index in [-0.39, 0.29) is 38.1 Å². The van der Waals surface area contributed by atoms with E-state index < -0.39 is 19.2 Å². The standard InChI is InChI=1S/C23H27FN5O6P/c1-23(6-5-21(35-23)19-3-4-20-22(26)27-15-28-29(19)20)14-34-36(30,31)33-8-2-7-32-13-17-9-16(12-25)10-18(24)11-17/h3-4,9-11,15,21H,2,5-8,13-14H2,1H3,(H,30,31)(H2,26,27,28)/t21-,23+/m1/s1. The van der Waals surface area contributed by atoms with Gasteiger partial charge >= 0.3 is 7.82 Å². The van der Waals surface area contributed by atoms with Gasteiger partial charge in [-0.15, -0.1) is 0 Å². The molecule has 13 heteroatoms. The smallest absolute Gasteiger partial charge is 0.382 e. The molecule has 3 atom stereocenters. The van der Waals surface area contributed by atoms with Gasteiger partial charge < -0.3 is 20.1 Å². The normalized spacial score (nSPS) is 21.4. The molecule has 1 aromatic carbocycles. The van der Waals surface area contributed by atoms with Gasteiger partial charge in [0, 0.05) is 6.61 Å². The number of nitrogens with two attached hydrogens (primary N) is 1. The topological polar surface area (TPSA) is 154 Å². The molecule has 4 rings (SSSR count). The molecule has 11 nitrogen and oxygen atoms in total. The van der Waals surface area contributed by atoms with Crippen LogP contribution >= 0.6 is 7.82 Å². The zero-order chi connectivity index (χ0) is 25.8. The Morgan fingerprint density at radius 2 is 2.19 bits per heavy atom. The maximum Gasteiger partial charge on any atom is 0.472 e. The number of rotatable bonds is 11. The summed E-state index contributed by atoms with van der Waals surface area (Å²) in [6.45, 7) is 1.92. The number of nitrogens with zero attached hydrogens (tertiary/aromatic N) is 4. The Hall–Kier alpha value is -2.91. The molecular weight excluding hydrogens is 492 g/mol. The molecule has 0 spiro atoms. The first-order valence-electron chi connectivity index (χ1n) is 11.3. The third-order valence-electron chi connectivity index (χ3n) is 5.78. The number of hydrogen-bond donors (Lipinski definition) is 2. The molecule has 0 amide bonds. The van der Waals surface area contributed by atoms with Crippen LogP contribution in [-0.2, 0) is 29.7 Å². The fraction of sp³-hybridized carbons (Fsp3) is 0.435. The van der Waals surface area contributed by atoms with Gasteiger partial charge in [-0.3, -0.25) is 9.05 Å². The van der Waals surface area contributed by atoms with E-state index in [1.54, 1.807) is 4.52 Å². The number of ether oxygens (including phenoxy) is 2. The highest BCUT2D eigenvalue weighted by molar-refractivity contribution is 7.47. The zero-order valence-corrected chi connectivity index (χ0v) is 20.6. The van der Waals surface area contributed by atoms with Crippen LogP contribution in [-0.4, -0.2) is 44.9 Å². The van der Waals surface area contributed by atoms with Crippen LogP contribution in [0.25, 0.3) is 5.52 Å². The van der Waals surface area contributed by atoms with Crippen molar-refractivity contribution in [2.75, 3.05) is 25.6 Å². The number of hydrogen-bond acceptors (Lipinski definition) is 9. The van der Waals surface area contributed by atoms with Gasteiger partial charge in [-0.2, -0.15) is 10.4 Å². The maximum atomic E-state index is 13.4. The molecule has 36 heavy (non-hydrogen) atoms. The highest BCUT2D eigenvalue weighted by atomic mass is 31.2. The van der Waals surface area contributed by atoms with Gasteiger partial charge in [-0.05, 0) is 62.1 Å². The minimum absolute atomic E-state index is 0.0716. The van der Waals surface area contributed by atoms with Gasteiger partial charge in [-0.1, -0.05) is 0 Å². The molecule has 1 aliphatic heterocycles. The maximum absolute atomic E-state index is 13.4. The summed E-state index contributed by atoms with van der Waals surface area (Å²) in [5.41, 5.74) is 7.33. The number of nitriles is 1. The Balaban J connectivity index is 1.19. The van der Waals surface area contributed by atoms with E-state index in [4.69, 9.17) is 29.5 Å². The summed E-state index contributed by atoms with van der Waals surface area (Å²) in [6.07, 6.45) is 2.68. The lowest BCUT2D eigenvalue weighted by Gasteiger charge is -2.25. The number of fused-ring (bicyclic) bond motifs is 1. The predicted octanol–water partition coefficient (Wildman–Crippen LogP) is 3.67. The monoisotopic (exact) mass is 519 g/mol. The van der Waals surface area contributed by atoms with Crippen molar-refractivity contribution >= 4 is 19.2 Å². The number of nitrogen functional groups attached to an aromatic ring is 1. The molecule has 192 valence electrons. The van der Waals surface area contributed by atoms with Crippen LogP contribution in [0.5, 0.6) is 0 Å². The van der Waals surface area contributed by atoms with E-state index in [1.807, 2.05) is 25.1 Å². The highest BCUT2D eigenvalue weighted by Gasteiger charge is 2.40. The van der Waals surface area contributed by atoms with Gasteiger partial charge in [0.05, 0.1) is 42.7 Å². The second kappa shape index (κ2) is 11.0. The van der Waals surface area contributed by atoms with E-state index in [2.05, 4.69) is 10.1 Å². The van der Waals surface area contributed by atoms with Crippen molar-refractivity contribution < 1.29 is 32.4 Å². The predicted molar refractivity (Wildman–Crippen MR) is 126 cm³/mol. The van der Waals surface area contributed by atoms with Crippen molar-refractivity contribution in [2.45, 2.75) is 44.5 Å². The molecule has 1 fully saturated rings. The SMILES string of the molecule is C[C@@]1(COP(=O)(O)OCCCOCc2cc(F)cc(C#N)c2)CC[C@H](c2ccc3c(N)ncnn23)O1. The first-order chi connectivity index (χ1) is 17.2. The number of aromatic nitrogens is 3. The lowest BCUT2D eigenvalue weighted by molar-refractivity contribution is -0.0638. The summed E-state index contributed by atoms with van der Waals surface area (Å²) in [5.74, 6) is -0.146. The molecule has 1 aliphatic rings. The first-order valence-corrected chi connectivity index (χ1v) is 12.8. The molecule has 3 heterocycles. The largest absolute Gasteiger partial charge is 0.472 e. The minimum Gasteiger partial charge on any atom is -0.382 e. The van der Waals surface area contributed by atoms with Gasteiger partial charge in [0.2, 0.25) is 0 Å². The van der Waals surface area contributed by atoms with E-state index in [9.17, 15) is 13.8 Å². The van der Waals surface area contributed by atoms with Crippen LogP contribution in [0, 0.1) is 17.1 Å². The fourth-order valence-corrected chi connectivity index (χ4v) is 4.88. The highest BCUT2D eigenvalue weighted by Crippen LogP contribution is 2.47. The van der Waals surface area contributed by atoms with Gasteiger partial charge in [0.25, 0.3) is 0 Å². The fourth-order valence-electron chi connectivity index (χ4n) is 4.01. The molecule has 0 radical (unpaired) electrons. The van der Waals surface area contributed by atoms with Crippen molar-refractivity contribution in [1.29, 1.82) is 5.26 Å². The summed E-state index contributed by atoms with van der Waals surface area (Å²) in [6, 6.07) is 9.53. The van der Waals surface area contributed by atoms with E-state index in [0.29, 0.717) is 36.2 Å². The molecule has 0 bridgehead atoms. The van der Waals surface area contributed by atoms with Crippen molar-refractivity contribution in [3.05, 3.63) is 59.3 Å². The second-order valence-corrected chi connectivity index (χ2v) is 10.2. The van der Waals surface area contributed by atoms with E-state index >= 15 is 0 Å².